The summed E-state index contributed by atoms with van der Waals surface area (Å²) in [7, 11) is 0. The van der Waals surface area contributed by atoms with Gasteiger partial charge in [-0.3, -0.25) is 16.1 Å². The minimum Gasteiger partial charge on any atom is -0.478 e. The lowest BCUT2D eigenvalue weighted by molar-refractivity contribution is 0.0697. The van der Waals surface area contributed by atoms with Crippen LogP contribution >= 0.6 is 0 Å². The van der Waals surface area contributed by atoms with E-state index in [0.717, 1.165) is 0 Å². The third-order valence-corrected chi connectivity index (χ3v) is 1.29. The molecule has 0 spiro atoms. The van der Waals surface area contributed by atoms with E-state index in [1.807, 2.05) is 5.32 Å². The zero-order valence-corrected chi connectivity index (χ0v) is 8.40. The van der Waals surface area contributed by atoms with Crippen LogP contribution in [0.5, 0.6) is 0 Å². The molecule has 8 N–H and O–H groups in total. The van der Waals surface area contributed by atoms with Gasteiger partial charge in [-0.05, 0) is 12.1 Å². The van der Waals surface area contributed by atoms with Gasteiger partial charge >= 0.3 is 5.97 Å². The van der Waals surface area contributed by atoms with E-state index in [1.54, 1.807) is 30.3 Å². The molecule has 0 unspecified atom stereocenters. The molecule has 0 saturated heterocycles. The Balaban J connectivity index is 0.000000293. The summed E-state index contributed by atoms with van der Waals surface area (Å²) in [6.07, 6.45) is 0. The third-order valence-electron chi connectivity index (χ3n) is 1.29. The van der Waals surface area contributed by atoms with Gasteiger partial charge in [0.2, 0.25) is 0 Å². The number of nitrogens with two attached hydrogens (primary N) is 2. The molecule has 0 aliphatic rings. The van der Waals surface area contributed by atoms with E-state index >= 15 is 0 Å². The largest absolute Gasteiger partial charge is 0.478 e. The molecule has 0 heterocycles. The molecular formula is C9H13N5O2. The molecule has 1 aromatic rings. The first-order chi connectivity index (χ1) is 7.43. The minimum absolute atomic E-state index is 0.312. The summed E-state index contributed by atoms with van der Waals surface area (Å²) in [6, 6.07) is 8.30. The van der Waals surface area contributed by atoms with Gasteiger partial charge in [-0.25, -0.2) is 4.79 Å². The number of carboxylic acids is 1. The first-order valence-electron chi connectivity index (χ1n) is 4.17. The van der Waals surface area contributed by atoms with E-state index in [0.29, 0.717) is 5.56 Å². The number of guanidine groups is 2. The standard InChI is InChI=1S/C7H6O2.C2H7N5/c8-7(9)6-4-2-1-3-5-6;3-1(4)7-2(5)6/h1-5H,(H,8,9);(H7,3,4,5,6,7). The number of carboxylic acid groups (broad SMARTS) is 1. The summed E-state index contributed by atoms with van der Waals surface area (Å²) in [5, 5.41) is 23.4. The highest BCUT2D eigenvalue weighted by Crippen LogP contribution is 1.96. The molecule has 86 valence electrons. The average Bonchev–Trinajstić information content (AvgIpc) is 2.17. The Labute approximate surface area is 92.1 Å². The Kier molecular flexibility index (Phi) is 5.73. The Morgan fingerprint density at radius 1 is 1.12 bits per heavy atom. The van der Waals surface area contributed by atoms with Crippen molar-refractivity contribution >= 4 is 17.9 Å². The molecule has 1 rings (SSSR count). The van der Waals surface area contributed by atoms with Crippen molar-refractivity contribution in [2.24, 2.45) is 11.5 Å². The average molecular weight is 223 g/mol. The zero-order valence-electron chi connectivity index (χ0n) is 8.40. The Morgan fingerprint density at radius 2 is 1.56 bits per heavy atom. The second-order valence-corrected chi connectivity index (χ2v) is 2.62. The molecule has 0 aliphatic carbocycles. The summed E-state index contributed by atoms with van der Waals surface area (Å²) in [5.74, 6) is -1.50. The van der Waals surface area contributed by atoms with Crippen LogP contribution in [0, 0.1) is 10.8 Å². The Hall–Kier alpha value is -2.57. The van der Waals surface area contributed by atoms with Gasteiger partial charge in [-0.15, -0.1) is 0 Å². The van der Waals surface area contributed by atoms with Gasteiger partial charge in [-0.1, -0.05) is 18.2 Å². The number of hydrogen-bond acceptors (Lipinski definition) is 3. The number of hydrogen-bond donors (Lipinski definition) is 6. The van der Waals surface area contributed by atoms with Gasteiger partial charge in [0.05, 0.1) is 5.56 Å². The van der Waals surface area contributed by atoms with E-state index in [1.165, 1.54) is 0 Å². The van der Waals surface area contributed by atoms with Crippen molar-refractivity contribution < 1.29 is 9.90 Å². The predicted molar refractivity (Wildman–Crippen MR) is 60.4 cm³/mol. The quantitative estimate of drug-likeness (QED) is 0.286. The van der Waals surface area contributed by atoms with Crippen LogP contribution in [0.1, 0.15) is 10.4 Å². The van der Waals surface area contributed by atoms with Crippen LogP contribution in [-0.4, -0.2) is 23.0 Å². The molecule has 16 heavy (non-hydrogen) atoms. The number of aromatic carboxylic acids is 1. The molecule has 0 radical (unpaired) electrons. The fraction of sp³-hybridized carbons (Fsp3) is 0. The van der Waals surface area contributed by atoms with Crippen LogP contribution < -0.4 is 16.8 Å². The summed E-state index contributed by atoms with van der Waals surface area (Å²) in [6.45, 7) is 0. The lowest BCUT2D eigenvalue weighted by atomic mass is 10.2. The minimum atomic E-state index is -0.879. The number of carbonyl (C=O) groups is 1. The second kappa shape index (κ2) is 6.82. The zero-order chi connectivity index (χ0) is 12.6. The maximum atomic E-state index is 10.2. The van der Waals surface area contributed by atoms with Crippen molar-refractivity contribution in [1.82, 2.24) is 5.32 Å². The number of rotatable bonds is 1. The SMILES string of the molecule is N=C(N)NC(=N)N.O=C(O)c1ccccc1. The fourth-order valence-corrected chi connectivity index (χ4v) is 0.726. The van der Waals surface area contributed by atoms with Crippen LogP contribution in [0.2, 0.25) is 0 Å². The summed E-state index contributed by atoms with van der Waals surface area (Å²) < 4.78 is 0. The van der Waals surface area contributed by atoms with Gasteiger partial charge in [0, 0.05) is 0 Å². The molecule has 0 amide bonds. The van der Waals surface area contributed by atoms with E-state index in [-0.39, 0.29) is 11.9 Å². The van der Waals surface area contributed by atoms with Crippen molar-refractivity contribution in [2.75, 3.05) is 0 Å². The van der Waals surface area contributed by atoms with Gasteiger partial charge in [-0.2, -0.15) is 0 Å². The van der Waals surface area contributed by atoms with Crippen molar-refractivity contribution in [3.63, 3.8) is 0 Å². The molecular weight excluding hydrogens is 210 g/mol. The molecule has 0 aliphatic heterocycles. The lowest BCUT2D eigenvalue weighted by Crippen LogP contribution is -2.39. The van der Waals surface area contributed by atoms with E-state index in [2.05, 4.69) is 0 Å². The topological polar surface area (TPSA) is 149 Å². The molecule has 1 aromatic carbocycles. The monoisotopic (exact) mass is 223 g/mol. The molecule has 0 aromatic heterocycles. The van der Waals surface area contributed by atoms with E-state index in [9.17, 15) is 4.79 Å². The molecule has 0 bridgehead atoms. The van der Waals surface area contributed by atoms with Crippen molar-refractivity contribution in [2.45, 2.75) is 0 Å². The predicted octanol–water partition coefficient (Wildman–Crippen LogP) is -0.252. The van der Waals surface area contributed by atoms with E-state index < -0.39 is 5.97 Å². The van der Waals surface area contributed by atoms with Crippen molar-refractivity contribution in [1.29, 1.82) is 10.8 Å². The van der Waals surface area contributed by atoms with Crippen LogP contribution in [-0.2, 0) is 0 Å². The summed E-state index contributed by atoms with van der Waals surface area (Å²) in [5.41, 5.74) is 9.82. The number of benzene rings is 1. The highest BCUT2D eigenvalue weighted by atomic mass is 16.4. The van der Waals surface area contributed by atoms with Crippen LogP contribution in [0.3, 0.4) is 0 Å². The highest BCUT2D eigenvalue weighted by Gasteiger charge is 1.96. The Bertz CT molecular complexity index is 365. The summed E-state index contributed by atoms with van der Waals surface area (Å²) in [4.78, 5) is 10.2. The molecule has 7 nitrogen and oxygen atoms in total. The lowest BCUT2D eigenvalue weighted by Gasteiger charge is -1.95. The molecule has 0 atom stereocenters. The number of nitrogens with one attached hydrogen (secondary N) is 3. The second-order valence-electron chi connectivity index (χ2n) is 2.62. The van der Waals surface area contributed by atoms with Crippen molar-refractivity contribution in [3.05, 3.63) is 35.9 Å². The normalized spacial score (nSPS) is 8.25. The first-order valence-corrected chi connectivity index (χ1v) is 4.17. The Morgan fingerprint density at radius 3 is 1.75 bits per heavy atom. The maximum Gasteiger partial charge on any atom is 0.335 e. The smallest absolute Gasteiger partial charge is 0.335 e. The van der Waals surface area contributed by atoms with Crippen LogP contribution in [0.15, 0.2) is 30.3 Å². The molecule has 0 saturated carbocycles. The van der Waals surface area contributed by atoms with Crippen LogP contribution in [0.25, 0.3) is 0 Å². The highest BCUT2D eigenvalue weighted by molar-refractivity contribution is 5.93. The maximum absolute atomic E-state index is 10.2. The van der Waals surface area contributed by atoms with Crippen LogP contribution in [0.4, 0.5) is 0 Å². The fourth-order valence-electron chi connectivity index (χ4n) is 0.726. The van der Waals surface area contributed by atoms with Gasteiger partial charge < -0.3 is 16.6 Å². The third kappa shape index (κ3) is 6.89. The molecule has 0 fully saturated rings. The summed E-state index contributed by atoms with van der Waals surface area (Å²) >= 11 is 0. The van der Waals surface area contributed by atoms with Crippen molar-refractivity contribution in [3.8, 4) is 0 Å². The van der Waals surface area contributed by atoms with Gasteiger partial charge in [0.25, 0.3) is 0 Å². The van der Waals surface area contributed by atoms with E-state index in [4.69, 9.17) is 27.4 Å². The molecule has 7 heteroatoms. The van der Waals surface area contributed by atoms with Gasteiger partial charge in [0.15, 0.2) is 11.9 Å². The first kappa shape index (κ1) is 13.4. The van der Waals surface area contributed by atoms with Gasteiger partial charge in [0.1, 0.15) is 0 Å².